The summed E-state index contributed by atoms with van der Waals surface area (Å²) in [6.45, 7) is 0. The Kier molecular flexibility index (Phi) is 5.38. The van der Waals surface area contributed by atoms with E-state index in [1.54, 1.807) is 12.1 Å². The smallest absolute Gasteiger partial charge is 0.274 e. The number of hydrogen-bond acceptors (Lipinski definition) is 3. The standard InChI is InChI=1S/C15H21ClN2O2/c1-17-14-6-4-2-3-5-11(14)9-12-7-8-13(16)10-15(12)18(19)20/h7-8,10-11,14,17H,2-6,9H2,1H3. The van der Waals surface area contributed by atoms with Crippen molar-refractivity contribution in [3.8, 4) is 0 Å². The molecule has 0 saturated heterocycles. The maximum Gasteiger partial charge on any atom is 0.274 e. The average Bonchev–Trinajstić information content (AvgIpc) is 2.65. The van der Waals surface area contributed by atoms with Crippen molar-refractivity contribution < 1.29 is 4.92 Å². The fourth-order valence-electron chi connectivity index (χ4n) is 3.17. The number of nitro benzene ring substituents is 1. The van der Waals surface area contributed by atoms with Crippen LogP contribution in [0.15, 0.2) is 18.2 Å². The van der Waals surface area contributed by atoms with Crippen LogP contribution in [0.2, 0.25) is 5.02 Å². The molecule has 1 aliphatic rings. The second kappa shape index (κ2) is 7.04. The van der Waals surface area contributed by atoms with Gasteiger partial charge in [-0.15, -0.1) is 0 Å². The Morgan fingerprint density at radius 1 is 1.35 bits per heavy atom. The van der Waals surface area contributed by atoms with Crippen molar-refractivity contribution in [2.24, 2.45) is 5.92 Å². The van der Waals surface area contributed by atoms with Crippen LogP contribution < -0.4 is 5.32 Å². The molecule has 5 heteroatoms. The number of nitrogens with zero attached hydrogens (tertiary/aromatic N) is 1. The molecule has 0 amide bonds. The second-order valence-electron chi connectivity index (χ2n) is 5.53. The number of hydrogen-bond donors (Lipinski definition) is 1. The minimum atomic E-state index is -0.327. The van der Waals surface area contributed by atoms with Gasteiger partial charge < -0.3 is 5.32 Å². The zero-order valence-electron chi connectivity index (χ0n) is 11.8. The van der Waals surface area contributed by atoms with Crippen molar-refractivity contribution in [1.82, 2.24) is 5.32 Å². The molecule has 110 valence electrons. The summed E-state index contributed by atoms with van der Waals surface area (Å²) in [5.74, 6) is 0.461. The molecule has 1 N–H and O–H groups in total. The topological polar surface area (TPSA) is 55.2 Å². The van der Waals surface area contributed by atoms with E-state index >= 15 is 0 Å². The molecule has 2 rings (SSSR count). The SMILES string of the molecule is CNC1CCCCCC1Cc1ccc(Cl)cc1[N+](=O)[O-]. The van der Waals surface area contributed by atoms with Crippen LogP contribution in [0.25, 0.3) is 0 Å². The summed E-state index contributed by atoms with van der Waals surface area (Å²) in [6.07, 6.45) is 6.75. The molecule has 0 heterocycles. The lowest BCUT2D eigenvalue weighted by molar-refractivity contribution is -0.385. The highest BCUT2D eigenvalue weighted by molar-refractivity contribution is 6.30. The summed E-state index contributed by atoms with van der Waals surface area (Å²) in [6, 6.07) is 5.46. The van der Waals surface area contributed by atoms with E-state index in [9.17, 15) is 10.1 Å². The van der Waals surface area contributed by atoms with Crippen LogP contribution >= 0.6 is 11.6 Å². The molecule has 1 aromatic rings. The lowest BCUT2D eigenvalue weighted by Gasteiger charge is -2.24. The summed E-state index contributed by atoms with van der Waals surface area (Å²) in [4.78, 5) is 10.8. The fraction of sp³-hybridized carbons (Fsp3) is 0.600. The molecule has 1 fully saturated rings. The van der Waals surface area contributed by atoms with Gasteiger partial charge >= 0.3 is 0 Å². The Balaban J connectivity index is 2.21. The van der Waals surface area contributed by atoms with Gasteiger partial charge in [-0.2, -0.15) is 0 Å². The van der Waals surface area contributed by atoms with Crippen LogP contribution in [-0.4, -0.2) is 18.0 Å². The Hall–Kier alpha value is -1.13. The molecule has 1 aliphatic carbocycles. The molecule has 0 spiro atoms. The van der Waals surface area contributed by atoms with Crippen LogP contribution in [0.3, 0.4) is 0 Å². The van der Waals surface area contributed by atoms with Gasteiger partial charge in [-0.1, -0.05) is 36.9 Å². The van der Waals surface area contributed by atoms with E-state index < -0.39 is 0 Å². The first kappa shape index (κ1) is 15.3. The molecular weight excluding hydrogens is 276 g/mol. The zero-order chi connectivity index (χ0) is 14.5. The third kappa shape index (κ3) is 3.70. The Morgan fingerprint density at radius 2 is 2.10 bits per heavy atom. The fourth-order valence-corrected chi connectivity index (χ4v) is 3.34. The van der Waals surface area contributed by atoms with Crippen molar-refractivity contribution in [3.05, 3.63) is 38.9 Å². The first-order valence-corrected chi connectivity index (χ1v) is 7.59. The number of rotatable bonds is 4. The van der Waals surface area contributed by atoms with Crippen molar-refractivity contribution in [3.63, 3.8) is 0 Å². The summed E-state index contributed by atoms with van der Waals surface area (Å²) < 4.78 is 0. The first-order valence-electron chi connectivity index (χ1n) is 7.22. The predicted octanol–water partition coefficient (Wildman–Crippen LogP) is 3.96. The number of benzene rings is 1. The van der Waals surface area contributed by atoms with E-state index in [0.717, 1.165) is 24.8 Å². The molecule has 0 bridgehead atoms. The molecular formula is C15H21ClN2O2. The van der Waals surface area contributed by atoms with Gasteiger partial charge in [0, 0.05) is 22.7 Å². The van der Waals surface area contributed by atoms with Gasteiger partial charge in [-0.25, -0.2) is 0 Å². The molecule has 0 aliphatic heterocycles. The quantitative estimate of drug-likeness (QED) is 0.520. The van der Waals surface area contributed by atoms with Crippen LogP contribution in [0, 0.1) is 16.0 Å². The molecule has 4 nitrogen and oxygen atoms in total. The molecule has 2 atom stereocenters. The van der Waals surface area contributed by atoms with Crippen molar-refractivity contribution in [1.29, 1.82) is 0 Å². The maximum atomic E-state index is 11.2. The Morgan fingerprint density at radius 3 is 2.80 bits per heavy atom. The van der Waals surface area contributed by atoms with Crippen LogP contribution in [0.4, 0.5) is 5.69 Å². The molecule has 2 unspecified atom stereocenters. The third-order valence-corrected chi connectivity index (χ3v) is 4.49. The lowest BCUT2D eigenvalue weighted by Crippen LogP contribution is -2.34. The largest absolute Gasteiger partial charge is 0.317 e. The summed E-state index contributed by atoms with van der Waals surface area (Å²) in [5.41, 5.74) is 0.947. The molecule has 0 aromatic heterocycles. The number of nitro groups is 1. The van der Waals surface area contributed by atoms with Crippen LogP contribution in [0.1, 0.15) is 37.7 Å². The van der Waals surface area contributed by atoms with Crippen molar-refractivity contribution in [2.75, 3.05) is 7.05 Å². The first-order chi connectivity index (χ1) is 9.61. The summed E-state index contributed by atoms with van der Waals surface area (Å²) in [7, 11) is 1.99. The second-order valence-corrected chi connectivity index (χ2v) is 5.96. The highest BCUT2D eigenvalue weighted by atomic mass is 35.5. The number of nitrogens with one attached hydrogen (secondary N) is 1. The maximum absolute atomic E-state index is 11.2. The minimum absolute atomic E-state index is 0.150. The van der Waals surface area contributed by atoms with Gasteiger partial charge in [0.1, 0.15) is 0 Å². The van der Waals surface area contributed by atoms with Gasteiger partial charge in [0.25, 0.3) is 5.69 Å². The lowest BCUT2D eigenvalue weighted by atomic mass is 9.88. The van der Waals surface area contributed by atoms with Gasteiger partial charge in [-0.05, 0) is 38.3 Å². The summed E-state index contributed by atoms with van der Waals surface area (Å²) >= 11 is 5.87. The van der Waals surface area contributed by atoms with Crippen molar-refractivity contribution in [2.45, 2.75) is 44.6 Å². The molecule has 0 radical (unpaired) electrons. The van der Waals surface area contributed by atoms with E-state index in [-0.39, 0.29) is 10.6 Å². The van der Waals surface area contributed by atoms with Gasteiger partial charge in [0.15, 0.2) is 0 Å². The Labute approximate surface area is 124 Å². The normalized spacial score (nSPS) is 23.3. The average molecular weight is 297 g/mol. The number of halogens is 1. The Bertz CT molecular complexity index is 479. The van der Waals surface area contributed by atoms with Gasteiger partial charge in [-0.3, -0.25) is 10.1 Å². The van der Waals surface area contributed by atoms with E-state index in [4.69, 9.17) is 11.6 Å². The molecule has 20 heavy (non-hydrogen) atoms. The molecule has 1 saturated carbocycles. The zero-order valence-corrected chi connectivity index (χ0v) is 12.5. The predicted molar refractivity (Wildman–Crippen MR) is 81.2 cm³/mol. The highest BCUT2D eigenvalue weighted by Crippen LogP contribution is 2.31. The van der Waals surface area contributed by atoms with E-state index in [1.165, 1.54) is 25.3 Å². The van der Waals surface area contributed by atoms with E-state index in [2.05, 4.69) is 5.32 Å². The highest BCUT2D eigenvalue weighted by Gasteiger charge is 2.25. The summed E-state index contributed by atoms with van der Waals surface area (Å²) in [5, 5.41) is 15.0. The monoisotopic (exact) mass is 296 g/mol. The minimum Gasteiger partial charge on any atom is -0.317 e. The molecule has 1 aromatic carbocycles. The van der Waals surface area contributed by atoms with Crippen LogP contribution in [-0.2, 0) is 6.42 Å². The van der Waals surface area contributed by atoms with Gasteiger partial charge in [0.05, 0.1) is 4.92 Å². The van der Waals surface area contributed by atoms with Gasteiger partial charge in [0.2, 0.25) is 0 Å². The van der Waals surface area contributed by atoms with Crippen molar-refractivity contribution >= 4 is 17.3 Å². The van der Waals surface area contributed by atoms with Crippen LogP contribution in [0.5, 0.6) is 0 Å². The van der Waals surface area contributed by atoms with E-state index in [0.29, 0.717) is 17.0 Å². The van der Waals surface area contributed by atoms with E-state index in [1.807, 2.05) is 7.05 Å². The third-order valence-electron chi connectivity index (χ3n) is 4.26.